The standard InChI is InChI=1S/C23H28N4O2/c1-15-3-5-21-19(11-15)20-13-17(4-6-22(20)24-21)23(28)27-9-7-26(8-10-27)14-18-12-16(2)25-29-18/h4,6,12-13,15,24H,3,5,7-11,14H2,1-2H3/t15-/m0/s1. The zero-order chi connectivity index (χ0) is 20.0. The molecule has 0 unspecified atom stereocenters. The number of amides is 1. The van der Waals surface area contributed by atoms with Gasteiger partial charge in [0.15, 0.2) is 5.76 Å². The fraction of sp³-hybridized carbons (Fsp3) is 0.478. The van der Waals surface area contributed by atoms with Crippen LogP contribution in [0, 0.1) is 12.8 Å². The van der Waals surface area contributed by atoms with Gasteiger partial charge < -0.3 is 14.4 Å². The Morgan fingerprint density at radius 2 is 2.07 bits per heavy atom. The SMILES string of the molecule is Cc1cc(CN2CCN(C(=O)c3ccc4[nH]c5c(c4c3)C[C@@H](C)CC5)CC2)on1. The average Bonchev–Trinajstić information content (AvgIpc) is 3.30. The number of fused-ring (bicyclic) bond motifs is 3. The van der Waals surface area contributed by atoms with Gasteiger partial charge in [-0.2, -0.15) is 0 Å². The van der Waals surface area contributed by atoms with Crippen LogP contribution in [0.3, 0.4) is 0 Å². The summed E-state index contributed by atoms with van der Waals surface area (Å²) in [7, 11) is 0. The van der Waals surface area contributed by atoms with Crippen LogP contribution in [-0.2, 0) is 19.4 Å². The van der Waals surface area contributed by atoms with Crippen molar-refractivity contribution in [3.63, 3.8) is 0 Å². The van der Waals surface area contributed by atoms with Crippen molar-refractivity contribution in [2.75, 3.05) is 26.2 Å². The van der Waals surface area contributed by atoms with Crippen molar-refractivity contribution >= 4 is 16.8 Å². The molecule has 6 heteroatoms. The number of nitrogens with one attached hydrogen (secondary N) is 1. The predicted octanol–water partition coefficient (Wildman–Crippen LogP) is 3.55. The number of benzene rings is 1. The van der Waals surface area contributed by atoms with Crippen LogP contribution in [0.15, 0.2) is 28.8 Å². The molecule has 6 nitrogen and oxygen atoms in total. The van der Waals surface area contributed by atoms with Gasteiger partial charge in [-0.1, -0.05) is 12.1 Å². The van der Waals surface area contributed by atoms with Crippen molar-refractivity contribution in [2.45, 2.75) is 39.7 Å². The molecule has 3 aromatic rings. The summed E-state index contributed by atoms with van der Waals surface area (Å²) in [5, 5.41) is 5.18. The van der Waals surface area contributed by atoms with Crippen LogP contribution in [0.4, 0.5) is 0 Å². The van der Waals surface area contributed by atoms with Crippen LogP contribution < -0.4 is 0 Å². The average molecular weight is 393 g/mol. The van der Waals surface area contributed by atoms with E-state index in [1.54, 1.807) is 0 Å². The van der Waals surface area contributed by atoms with Crippen molar-refractivity contribution < 1.29 is 9.32 Å². The summed E-state index contributed by atoms with van der Waals surface area (Å²) >= 11 is 0. The molecule has 2 aromatic heterocycles. The fourth-order valence-electron chi connectivity index (χ4n) is 4.73. The number of aromatic amines is 1. The van der Waals surface area contributed by atoms with E-state index in [1.165, 1.54) is 23.1 Å². The first-order chi connectivity index (χ1) is 14.1. The molecule has 0 saturated carbocycles. The molecule has 1 aromatic carbocycles. The third-order valence-corrected chi connectivity index (χ3v) is 6.40. The molecular weight excluding hydrogens is 364 g/mol. The summed E-state index contributed by atoms with van der Waals surface area (Å²) in [4.78, 5) is 21.0. The van der Waals surface area contributed by atoms with Crippen molar-refractivity contribution in [2.24, 2.45) is 5.92 Å². The van der Waals surface area contributed by atoms with Gasteiger partial charge in [0.1, 0.15) is 0 Å². The molecule has 29 heavy (non-hydrogen) atoms. The molecule has 2 aliphatic rings. The maximum Gasteiger partial charge on any atom is 0.253 e. The van der Waals surface area contributed by atoms with Crippen LogP contribution in [-0.4, -0.2) is 52.0 Å². The highest BCUT2D eigenvalue weighted by atomic mass is 16.5. The minimum Gasteiger partial charge on any atom is -0.360 e. The van der Waals surface area contributed by atoms with Gasteiger partial charge in [-0.25, -0.2) is 0 Å². The van der Waals surface area contributed by atoms with Crippen LogP contribution in [0.2, 0.25) is 0 Å². The van der Waals surface area contributed by atoms with Gasteiger partial charge in [0.25, 0.3) is 5.91 Å². The lowest BCUT2D eigenvalue weighted by Crippen LogP contribution is -2.48. The molecule has 1 atom stereocenters. The number of hydrogen-bond donors (Lipinski definition) is 1. The van der Waals surface area contributed by atoms with Crippen molar-refractivity contribution in [3.8, 4) is 0 Å². The molecule has 152 valence electrons. The van der Waals surface area contributed by atoms with Gasteiger partial charge in [-0.15, -0.1) is 0 Å². The highest BCUT2D eigenvalue weighted by Gasteiger charge is 2.25. The Morgan fingerprint density at radius 1 is 1.24 bits per heavy atom. The highest BCUT2D eigenvalue weighted by Crippen LogP contribution is 2.32. The molecule has 1 amide bonds. The second-order valence-corrected chi connectivity index (χ2v) is 8.69. The smallest absolute Gasteiger partial charge is 0.253 e. The molecule has 1 aliphatic heterocycles. The predicted molar refractivity (Wildman–Crippen MR) is 112 cm³/mol. The Bertz CT molecular complexity index is 1040. The first-order valence-corrected chi connectivity index (χ1v) is 10.6. The van der Waals surface area contributed by atoms with Crippen LogP contribution in [0.5, 0.6) is 0 Å². The number of hydrogen-bond acceptors (Lipinski definition) is 4. The largest absolute Gasteiger partial charge is 0.360 e. The number of H-pyrrole nitrogens is 1. The Labute approximate surface area is 170 Å². The molecule has 1 aliphatic carbocycles. The molecule has 0 bridgehead atoms. The third-order valence-electron chi connectivity index (χ3n) is 6.40. The van der Waals surface area contributed by atoms with E-state index in [4.69, 9.17) is 4.52 Å². The number of aromatic nitrogens is 2. The topological polar surface area (TPSA) is 65.4 Å². The molecule has 0 radical (unpaired) electrons. The summed E-state index contributed by atoms with van der Waals surface area (Å²) in [5.41, 5.74) is 5.65. The number of nitrogens with zero attached hydrogens (tertiary/aromatic N) is 3. The lowest BCUT2D eigenvalue weighted by Gasteiger charge is -2.34. The molecule has 3 heterocycles. The van der Waals surface area contributed by atoms with E-state index < -0.39 is 0 Å². The molecular formula is C23H28N4O2. The summed E-state index contributed by atoms with van der Waals surface area (Å²) in [6.45, 7) is 8.19. The van der Waals surface area contributed by atoms with Gasteiger partial charge in [0.05, 0.1) is 12.2 Å². The molecule has 1 saturated heterocycles. The second-order valence-electron chi connectivity index (χ2n) is 8.69. The molecule has 5 rings (SSSR count). The molecule has 0 spiro atoms. The van der Waals surface area contributed by atoms with Gasteiger partial charge in [0.2, 0.25) is 0 Å². The zero-order valence-electron chi connectivity index (χ0n) is 17.2. The van der Waals surface area contributed by atoms with E-state index in [2.05, 4.69) is 34.1 Å². The molecule has 1 fully saturated rings. The normalized spacial score (nSPS) is 20.2. The first-order valence-electron chi connectivity index (χ1n) is 10.6. The van der Waals surface area contributed by atoms with Crippen LogP contribution in [0.25, 0.3) is 10.9 Å². The quantitative estimate of drug-likeness (QED) is 0.740. The minimum atomic E-state index is 0.140. The van der Waals surface area contributed by atoms with Crippen molar-refractivity contribution in [1.82, 2.24) is 19.9 Å². The first kappa shape index (κ1) is 18.4. The highest BCUT2D eigenvalue weighted by molar-refractivity contribution is 5.99. The lowest BCUT2D eigenvalue weighted by atomic mass is 9.87. The molecule has 1 N–H and O–H groups in total. The van der Waals surface area contributed by atoms with Crippen molar-refractivity contribution in [1.29, 1.82) is 0 Å². The summed E-state index contributed by atoms with van der Waals surface area (Å²) < 4.78 is 5.32. The Balaban J connectivity index is 1.28. The van der Waals surface area contributed by atoms with E-state index in [0.717, 1.165) is 68.1 Å². The van der Waals surface area contributed by atoms with Crippen LogP contribution >= 0.6 is 0 Å². The second kappa shape index (κ2) is 7.34. The van der Waals surface area contributed by atoms with Gasteiger partial charge in [-0.3, -0.25) is 9.69 Å². The zero-order valence-corrected chi connectivity index (χ0v) is 17.2. The Kier molecular flexibility index (Phi) is 4.66. The van der Waals surface area contributed by atoms with Crippen LogP contribution in [0.1, 0.15) is 46.4 Å². The van der Waals surface area contributed by atoms with Gasteiger partial charge in [0, 0.05) is 54.4 Å². The lowest BCUT2D eigenvalue weighted by molar-refractivity contribution is 0.0617. The van der Waals surface area contributed by atoms with E-state index in [-0.39, 0.29) is 5.91 Å². The number of carbonyl (C=O) groups is 1. The summed E-state index contributed by atoms with van der Waals surface area (Å²) in [6, 6.07) is 8.13. The number of carbonyl (C=O) groups excluding carboxylic acids is 1. The third kappa shape index (κ3) is 3.57. The van der Waals surface area contributed by atoms with E-state index in [9.17, 15) is 4.79 Å². The van der Waals surface area contributed by atoms with Gasteiger partial charge >= 0.3 is 0 Å². The summed E-state index contributed by atoms with van der Waals surface area (Å²) in [5.74, 6) is 1.74. The van der Waals surface area contributed by atoms with E-state index in [0.29, 0.717) is 5.92 Å². The van der Waals surface area contributed by atoms with Gasteiger partial charge in [-0.05, 0) is 55.9 Å². The maximum atomic E-state index is 13.1. The maximum absolute atomic E-state index is 13.1. The number of piperazine rings is 1. The number of aryl methyl sites for hydroxylation is 2. The monoisotopic (exact) mass is 392 g/mol. The van der Waals surface area contributed by atoms with Crippen molar-refractivity contribution in [3.05, 3.63) is 52.5 Å². The minimum absolute atomic E-state index is 0.140. The fourth-order valence-corrected chi connectivity index (χ4v) is 4.73. The van der Waals surface area contributed by atoms with E-state index >= 15 is 0 Å². The summed E-state index contributed by atoms with van der Waals surface area (Å²) in [6.07, 6.45) is 3.46. The number of rotatable bonds is 3. The Hall–Kier alpha value is -2.60. The van der Waals surface area contributed by atoms with E-state index in [1.807, 2.05) is 24.0 Å². The Morgan fingerprint density at radius 3 is 2.83 bits per heavy atom.